The number of nitrogens with zero attached hydrogens (tertiary/aromatic N) is 2. The van der Waals surface area contributed by atoms with Crippen molar-refractivity contribution in [1.82, 2.24) is 15.6 Å². The number of aromatic nitrogens is 1. The lowest BCUT2D eigenvalue weighted by Gasteiger charge is -2.15. The fourth-order valence-electron chi connectivity index (χ4n) is 2.43. The van der Waals surface area contributed by atoms with Crippen LogP contribution in [-0.4, -0.2) is 31.1 Å². The zero-order chi connectivity index (χ0) is 16.3. The molecule has 1 atom stereocenters. The average molecular weight is 438 g/mol. The smallest absolute Gasteiger partial charge is 0.190 e. The Labute approximate surface area is 162 Å². The van der Waals surface area contributed by atoms with E-state index in [9.17, 15) is 0 Å². The molecule has 0 amide bonds. The monoisotopic (exact) mass is 438 g/mol. The second kappa shape index (κ2) is 11.8. The summed E-state index contributed by atoms with van der Waals surface area (Å²) in [6.07, 6.45) is 3.79. The Morgan fingerprint density at radius 3 is 2.42 bits per heavy atom. The van der Waals surface area contributed by atoms with Crippen LogP contribution >= 0.6 is 24.0 Å². The molecule has 130 valence electrons. The minimum absolute atomic E-state index is 0. The molecule has 0 saturated carbocycles. The van der Waals surface area contributed by atoms with Gasteiger partial charge in [-0.25, -0.2) is 0 Å². The topological polar surface area (TPSA) is 49.3 Å². The van der Waals surface area contributed by atoms with Crippen molar-refractivity contribution in [3.05, 3.63) is 66.0 Å². The number of hydrogen-bond acceptors (Lipinski definition) is 2. The van der Waals surface area contributed by atoms with Crippen LogP contribution in [0.3, 0.4) is 0 Å². The van der Waals surface area contributed by atoms with Gasteiger partial charge in [0.05, 0.1) is 0 Å². The Bertz CT molecular complexity index is 587. The highest BCUT2D eigenvalue weighted by Crippen LogP contribution is 2.17. The highest BCUT2D eigenvalue weighted by molar-refractivity contribution is 14.0. The maximum atomic E-state index is 4.32. The molecule has 1 aromatic carbocycles. The Balaban J connectivity index is 0.00000288. The van der Waals surface area contributed by atoms with Crippen molar-refractivity contribution in [2.24, 2.45) is 4.99 Å². The molecule has 0 spiro atoms. The van der Waals surface area contributed by atoms with Gasteiger partial charge in [0, 0.05) is 38.4 Å². The molecule has 1 heterocycles. The molecule has 0 aliphatic rings. The molecule has 1 aromatic heterocycles. The van der Waals surface area contributed by atoms with E-state index in [-0.39, 0.29) is 24.0 Å². The summed E-state index contributed by atoms with van der Waals surface area (Å²) < 4.78 is 0. The maximum Gasteiger partial charge on any atom is 0.190 e. The molecule has 0 fully saturated rings. The predicted octanol–water partition coefficient (Wildman–Crippen LogP) is 3.60. The van der Waals surface area contributed by atoms with E-state index in [2.05, 4.69) is 57.9 Å². The van der Waals surface area contributed by atoms with E-state index in [4.69, 9.17) is 0 Å². The van der Waals surface area contributed by atoms with Gasteiger partial charge in [-0.15, -0.1) is 24.0 Å². The summed E-state index contributed by atoms with van der Waals surface area (Å²) >= 11 is 0. The summed E-state index contributed by atoms with van der Waals surface area (Å²) in [6.45, 7) is 3.98. The molecule has 2 aromatic rings. The molecule has 0 saturated heterocycles. The van der Waals surface area contributed by atoms with Crippen molar-refractivity contribution in [2.45, 2.75) is 25.7 Å². The van der Waals surface area contributed by atoms with Crippen LogP contribution in [0.1, 0.15) is 30.5 Å². The van der Waals surface area contributed by atoms with Gasteiger partial charge in [-0.1, -0.05) is 43.3 Å². The third-order valence-electron chi connectivity index (χ3n) is 3.86. The van der Waals surface area contributed by atoms with Crippen LogP contribution in [0.2, 0.25) is 0 Å². The van der Waals surface area contributed by atoms with Crippen LogP contribution in [0, 0.1) is 0 Å². The minimum atomic E-state index is 0. The first-order valence-corrected chi connectivity index (χ1v) is 8.19. The molecule has 0 aliphatic carbocycles. The number of rotatable bonds is 7. The molecular weight excluding hydrogens is 411 g/mol. The summed E-state index contributed by atoms with van der Waals surface area (Å²) in [4.78, 5) is 8.58. The second-order valence-electron chi connectivity index (χ2n) is 5.60. The highest BCUT2D eigenvalue weighted by atomic mass is 127. The van der Waals surface area contributed by atoms with Gasteiger partial charge in [0.1, 0.15) is 0 Å². The van der Waals surface area contributed by atoms with E-state index in [1.54, 1.807) is 7.05 Å². The van der Waals surface area contributed by atoms with Crippen LogP contribution in [0.15, 0.2) is 59.7 Å². The Morgan fingerprint density at radius 1 is 1.04 bits per heavy atom. The third kappa shape index (κ3) is 7.29. The molecule has 2 rings (SSSR count). The molecule has 24 heavy (non-hydrogen) atoms. The largest absolute Gasteiger partial charge is 0.356 e. The second-order valence-corrected chi connectivity index (χ2v) is 5.60. The summed E-state index contributed by atoms with van der Waals surface area (Å²) in [7, 11) is 1.80. The number of guanidine groups is 1. The van der Waals surface area contributed by atoms with Crippen molar-refractivity contribution < 1.29 is 0 Å². The fourth-order valence-corrected chi connectivity index (χ4v) is 2.43. The average Bonchev–Trinajstić information content (AvgIpc) is 2.62. The SMILES string of the molecule is CN=C(NCCc1ccccn1)NCCC(C)c1ccccc1.I. The number of halogens is 1. The van der Waals surface area contributed by atoms with E-state index in [1.807, 2.05) is 24.4 Å². The molecule has 0 aliphatic heterocycles. The number of benzene rings is 1. The lowest BCUT2D eigenvalue weighted by Crippen LogP contribution is -2.39. The van der Waals surface area contributed by atoms with Crippen LogP contribution in [0.5, 0.6) is 0 Å². The van der Waals surface area contributed by atoms with Crippen molar-refractivity contribution in [3.8, 4) is 0 Å². The molecule has 4 nitrogen and oxygen atoms in total. The van der Waals surface area contributed by atoms with Gasteiger partial charge in [-0.2, -0.15) is 0 Å². The van der Waals surface area contributed by atoms with E-state index < -0.39 is 0 Å². The van der Waals surface area contributed by atoms with Gasteiger partial charge in [0.2, 0.25) is 0 Å². The lowest BCUT2D eigenvalue weighted by molar-refractivity contribution is 0.651. The first-order valence-electron chi connectivity index (χ1n) is 8.19. The predicted molar refractivity (Wildman–Crippen MR) is 112 cm³/mol. The third-order valence-corrected chi connectivity index (χ3v) is 3.86. The molecular formula is C19H27IN4. The van der Waals surface area contributed by atoms with Crippen molar-refractivity contribution in [3.63, 3.8) is 0 Å². The molecule has 1 unspecified atom stereocenters. The van der Waals surface area contributed by atoms with Gasteiger partial charge in [-0.05, 0) is 30.0 Å². The Morgan fingerprint density at radius 2 is 1.75 bits per heavy atom. The van der Waals surface area contributed by atoms with Gasteiger partial charge in [0.15, 0.2) is 5.96 Å². The van der Waals surface area contributed by atoms with E-state index >= 15 is 0 Å². The molecule has 0 radical (unpaired) electrons. The molecule has 2 N–H and O–H groups in total. The van der Waals surface area contributed by atoms with E-state index in [0.717, 1.165) is 37.6 Å². The fraction of sp³-hybridized carbons (Fsp3) is 0.368. The Hall–Kier alpha value is -1.63. The zero-order valence-corrected chi connectivity index (χ0v) is 16.7. The van der Waals surface area contributed by atoms with E-state index in [0.29, 0.717) is 5.92 Å². The van der Waals surface area contributed by atoms with Crippen LogP contribution in [-0.2, 0) is 6.42 Å². The van der Waals surface area contributed by atoms with Gasteiger partial charge in [-0.3, -0.25) is 9.98 Å². The first kappa shape index (κ1) is 20.4. The molecule has 5 heteroatoms. The number of nitrogens with one attached hydrogen (secondary N) is 2. The van der Waals surface area contributed by atoms with Gasteiger partial charge >= 0.3 is 0 Å². The normalized spacial score (nSPS) is 12.2. The van der Waals surface area contributed by atoms with E-state index in [1.165, 1.54) is 5.56 Å². The number of hydrogen-bond donors (Lipinski definition) is 2. The minimum Gasteiger partial charge on any atom is -0.356 e. The maximum absolute atomic E-state index is 4.32. The standard InChI is InChI=1S/C19H26N4.HI/c1-16(17-8-4-3-5-9-17)11-14-22-19(20-2)23-15-12-18-10-6-7-13-21-18;/h3-10,13,16H,11-12,14-15H2,1-2H3,(H2,20,22,23);1H. The number of pyridine rings is 1. The lowest BCUT2D eigenvalue weighted by atomic mass is 9.98. The zero-order valence-electron chi connectivity index (χ0n) is 14.4. The molecule has 0 bridgehead atoms. The highest BCUT2D eigenvalue weighted by Gasteiger charge is 2.05. The summed E-state index contributed by atoms with van der Waals surface area (Å²) in [5, 5.41) is 6.71. The van der Waals surface area contributed by atoms with Gasteiger partial charge < -0.3 is 10.6 Å². The van der Waals surface area contributed by atoms with Crippen LogP contribution < -0.4 is 10.6 Å². The van der Waals surface area contributed by atoms with Crippen molar-refractivity contribution >= 4 is 29.9 Å². The quantitative estimate of drug-likeness (QED) is 0.395. The Kier molecular flexibility index (Phi) is 10.1. The number of aliphatic imine (C=N–C) groups is 1. The summed E-state index contributed by atoms with van der Waals surface area (Å²) in [6, 6.07) is 16.6. The van der Waals surface area contributed by atoms with Crippen molar-refractivity contribution in [2.75, 3.05) is 20.1 Å². The van der Waals surface area contributed by atoms with Crippen LogP contribution in [0.4, 0.5) is 0 Å². The summed E-state index contributed by atoms with van der Waals surface area (Å²) in [5.41, 5.74) is 2.47. The van der Waals surface area contributed by atoms with Crippen LogP contribution in [0.25, 0.3) is 0 Å². The first-order chi connectivity index (χ1) is 11.3. The van der Waals surface area contributed by atoms with Crippen molar-refractivity contribution in [1.29, 1.82) is 0 Å². The summed E-state index contributed by atoms with van der Waals surface area (Å²) in [5.74, 6) is 1.39. The van der Waals surface area contributed by atoms with Gasteiger partial charge in [0.25, 0.3) is 0 Å².